The van der Waals surface area contributed by atoms with Gasteiger partial charge in [0.25, 0.3) is 0 Å². The third kappa shape index (κ3) is 4.33. The van der Waals surface area contributed by atoms with Gasteiger partial charge in [-0.05, 0) is 45.4 Å². The number of rotatable bonds is 6. The predicted octanol–water partition coefficient (Wildman–Crippen LogP) is 3.37. The molecule has 1 aromatic heterocycles. The summed E-state index contributed by atoms with van der Waals surface area (Å²) in [6.45, 7) is 9.11. The van der Waals surface area contributed by atoms with Crippen LogP contribution in [0.25, 0.3) is 0 Å². The fraction of sp³-hybridized carbons (Fsp3) is 0.471. The van der Waals surface area contributed by atoms with Crippen LogP contribution < -0.4 is 10.1 Å². The van der Waals surface area contributed by atoms with Crippen molar-refractivity contribution in [2.45, 2.75) is 46.4 Å². The van der Waals surface area contributed by atoms with E-state index in [0.29, 0.717) is 0 Å². The van der Waals surface area contributed by atoms with E-state index in [2.05, 4.69) is 35.7 Å². The number of aryl methyl sites for hydroxylation is 2. The van der Waals surface area contributed by atoms with Gasteiger partial charge in [0.05, 0.1) is 11.8 Å². The molecule has 2 aromatic rings. The Morgan fingerprint density at radius 3 is 2.67 bits per heavy atom. The lowest BCUT2D eigenvalue weighted by atomic mass is 10.1. The van der Waals surface area contributed by atoms with Crippen LogP contribution in [0.15, 0.2) is 30.5 Å². The van der Waals surface area contributed by atoms with Crippen molar-refractivity contribution in [3.63, 3.8) is 0 Å². The van der Waals surface area contributed by atoms with Crippen LogP contribution in [0.1, 0.15) is 43.6 Å². The zero-order valence-electron chi connectivity index (χ0n) is 13.6. The van der Waals surface area contributed by atoms with Gasteiger partial charge in [-0.2, -0.15) is 5.10 Å². The van der Waals surface area contributed by atoms with Gasteiger partial charge < -0.3 is 10.1 Å². The Labute approximate surface area is 127 Å². The van der Waals surface area contributed by atoms with Gasteiger partial charge in [-0.3, -0.25) is 4.68 Å². The van der Waals surface area contributed by atoms with E-state index in [9.17, 15) is 0 Å². The molecule has 0 fully saturated rings. The van der Waals surface area contributed by atoms with E-state index < -0.39 is 0 Å². The van der Waals surface area contributed by atoms with Crippen LogP contribution >= 0.6 is 0 Å². The second-order valence-corrected chi connectivity index (χ2v) is 5.76. The third-order valence-corrected chi connectivity index (χ3v) is 3.44. The molecule has 0 saturated heterocycles. The van der Waals surface area contributed by atoms with Crippen molar-refractivity contribution in [2.24, 2.45) is 7.05 Å². The number of ether oxygens (including phenoxy) is 1. The van der Waals surface area contributed by atoms with Crippen LogP contribution in [0.3, 0.4) is 0 Å². The number of nitrogens with one attached hydrogen (secondary N) is 1. The van der Waals surface area contributed by atoms with Gasteiger partial charge in [0.1, 0.15) is 5.75 Å². The molecule has 0 saturated carbocycles. The van der Waals surface area contributed by atoms with E-state index in [0.717, 1.165) is 18.0 Å². The van der Waals surface area contributed by atoms with Gasteiger partial charge in [0.2, 0.25) is 0 Å². The molecule has 1 N–H and O–H groups in total. The van der Waals surface area contributed by atoms with Gasteiger partial charge in [-0.25, -0.2) is 0 Å². The summed E-state index contributed by atoms with van der Waals surface area (Å²) in [6.07, 6.45) is 2.26. The topological polar surface area (TPSA) is 39.1 Å². The maximum atomic E-state index is 5.75. The Bertz CT molecular complexity index is 589. The van der Waals surface area contributed by atoms with E-state index in [1.165, 1.54) is 11.1 Å². The highest BCUT2D eigenvalue weighted by molar-refractivity contribution is 5.30. The molecule has 0 radical (unpaired) electrons. The molecular formula is C17H25N3O. The summed E-state index contributed by atoms with van der Waals surface area (Å²) in [7, 11) is 1.95. The molecule has 1 atom stereocenters. The van der Waals surface area contributed by atoms with Gasteiger partial charge in [0, 0.05) is 31.4 Å². The summed E-state index contributed by atoms with van der Waals surface area (Å²) < 4.78 is 7.60. The lowest BCUT2D eigenvalue weighted by molar-refractivity contribution is 0.242. The van der Waals surface area contributed by atoms with E-state index in [1.54, 1.807) is 0 Å². The van der Waals surface area contributed by atoms with Crippen molar-refractivity contribution in [3.8, 4) is 5.75 Å². The summed E-state index contributed by atoms with van der Waals surface area (Å²) in [5.74, 6) is 0.925. The van der Waals surface area contributed by atoms with E-state index in [-0.39, 0.29) is 12.1 Å². The molecule has 0 aliphatic rings. The lowest BCUT2D eigenvalue weighted by Gasteiger charge is -2.16. The first-order valence-electron chi connectivity index (χ1n) is 7.45. The highest BCUT2D eigenvalue weighted by atomic mass is 16.5. The molecule has 0 bridgehead atoms. The first-order valence-corrected chi connectivity index (χ1v) is 7.45. The third-order valence-electron chi connectivity index (χ3n) is 3.44. The van der Waals surface area contributed by atoms with E-state index >= 15 is 0 Å². The highest BCUT2D eigenvalue weighted by Gasteiger charge is 2.09. The number of hydrogen-bond donors (Lipinski definition) is 1. The Morgan fingerprint density at radius 2 is 2.05 bits per heavy atom. The Morgan fingerprint density at radius 1 is 1.29 bits per heavy atom. The summed E-state index contributed by atoms with van der Waals surface area (Å²) in [6, 6.07) is 8.54. The fourth-order valence-electron chi connectivity index (χ4n) is 2.33. The van der Waals surface area contributed by atoms with Crippen LogP contribution in [-0.4, -0.2) is 15.9 Å². The maximum absolute atomic E-state index is 5.75. The molecule has 0 aliphatic heterocycles. The second kappa shape index (κ2) is 6.76. The molecule has 2 rings (SSSR count). The Kier molecular flexibility index (Phi) is 5.02. The van der Waals surface area contributed by atoms with Crippen LogP contribution in [0.5, 0.6) is 5.75 Å². The predicted molar refractivity (Wildman–Crippen MR) is 85.4 cm³/mol. The molecule has 4 heteroatoms. The zero-order chi connectivity index (χ0) is 15.4. The lowest BCUT2D eigenvalue weighted by Crippen LogP contribution is -2.18. The molecule has 0 spiro atoms. The van der Waals surface area contributed by atoms with Crippen molar-refractivity contribution in [1.82, 2.24) is 15.1 Å². The fourth-order valence-corrected chi connectivity index (χ4v) is 2.33. The molecular weight excluding hydrogens is 262 g/mol. The molecule has 0 amide bonds. The SMILES string of the molecule is Cc1nn(C)cc1CNC(C)c1cccc(OC(C)C)c1. The Hall–Kier alpha value is -1.81. The molecule has 4 nitrogen and oxygen atoms in total. The van der Waals surface area contributed by atoms with Crippen LogP contribution in [0, 0.1) is 6.92 Å². The average molecular weight is 287 g/mol. The van der Waals surface area contributed by atoms with Crippen molar-refractivity contribution < 1.29 is 4.74 Å². The largest absolute Gasteiger partial charge is 0.491 e. The molecule has 21 heavy (non-hydrogen) atoms. The van der Waals surface area contributed by atoms with Crippen molar-refractivity contribution in [2.75, 3.05) is 0 Å². The molecule has 1 unspecified atom stereocenters. The van der Waals surface area contributed by atoms with Crippen molar-refractivity contribution in [1.29, 1.82) is 0 Å². The number of benzene rings is 1. The first-order chi connectivity index (χ1) is 9.95. The maximum Gasteiger partial charge on any atom is 0.120 e. The minimum Gasteiger partial charge on any atom is -0.491 e. The van der Waals surface area contributed by atoms with Crippen molar-refractivity contribution >= 4 is 0 Å². The average Bonchev–Trinajstić information content (AvgIpc) is 2.74. The van der Waals surface area contributed by atoms with Gasteiger partial charge in [-0.1, -0.05) is 12.1 Å². The highest BCUT2D eigenvalue weighted by Crippen LogP contribution is 2.20. The molecule has 0 aliphatic carbocycles. The normalized spacial score (nSPS) is 12.7. The summed E-state index contributed by atoms with van der Waals surface area (Å²) >= 11 is 0. The van der Waals surface area contributed by atoms with E-state index in [1.807, 2.05) is 44.6 Å². The minimum atomic E-state index is 0.196. The summed E-state index contributed by atoms with van der Waals surface area (Å²) in [5, 5.41) is 7.91. The number of hydrogen-bond acceptors (Lipinski definition) is 3. The van der Waals surface area contributed by atoms with Gasteiger partial charge >= 0.3 is 0 Å². The summed E-state index contributed by atoms with van der Waals surface area (Å²) in [4.78, 5) is 0. The van der Waals surface area contributed by atoms with Crippen LogP contribution in [0.2, 0.25) is 0 Å². The number of aromatic nitrogens is 2. The van der Waals surface area contributed by atoms with Gasteiger partial charge in [-0.15, -0.1) is 0 Å². The first kappa shape index (κ1) is 15.6. The van der Waals surface area contributed by atoms with Crippen LogP contribution in [0.4, 0.5) is 0 Å². The monoisotopic (exact) mass is 287 g/mol. The Balaban J connectivity index is 1.99. The van der Waals surface area contributed by atoms with Crippen molar-refractivity contribution in [3.05, 3.63) is 47.3 Å². The summed E-state index contributed by atoms with van der Waals surface area (Å²) in [5.41, 5.74) is 3.54. The van der Waals surface area contributed by atoms with Crippen LogP contribution in [-0.2, 0) is 13.6 Å². The quantitative estimate of drug-likeness (QED) is 0.885. The second-order valence-electron chi connectivity index (χ2n) is 5.76. The molecule has 1 heterocycles. The van der Waals surface area contributed by atoms with Gasteiger partial charge in [0.15, 0.2) is 0 Å². The molecule has 1 aromatic carbocycles. The molecule has 114 valence electrons. The smallest absolute Gasteiger partial charge is 0.120 e. The zero-order valence-corrected chi connectivity index (χ0v) is 13.6. The standard InChI is InChI=1S/C17H25N3O/c1-12(2)21-17-8-6-7-15(9-17)13(3)18-10-16-11-20(5)19-14(16)4/h6-9,11-13,18H,10H2,1-5H3. The number of nitrogens with zero attached hydrogens (tertiary/aromatic N) is 2. The van der Waals surface area contributed by atoms with E-state index in [4.69, 9.17) is 4.74 Å². The minimum absolute atomic E-state index is 0.196.